The molecule has 0 aliphatic carbocycles. The first-order chi connectivity index (χ1) is 13.6. The van der Waals surface area contributed by atoms with Gasteiger partial charge in [0.15, 0.2) is 6.10 Å². The maximum Gasteiger partial charge on any atom is 0.338 e. The Balaban J connectivity index is 2.06. The summed E-state index contributed by atoms with van der Waals surface area (Å²) in [6.45, 7) is 5.06. The first-order valence-corrected chi connectivity index (χ1v) is 10.5. The fourth-order valence-corrected chi connectivity index (χ4v) is 3.49. The molecule has 1 atom stereocenters. The highest BCUT2D eigenvalue weighted by Gasteiger charge is 2.21. The fraction of sp³-hybridized carbons (Fsp3) is 0.300. The summed E-state index contributed by atoms with van der Waals surface area (Å²) in [7, 11) is -3.74. The minimum atomic E-state index is -3.74. The van der Waals surface area contributed by atoms with Crippen LogP contribution in [-0.2, 0) is 19.6 Å². The lowest BCUT2D eigenvalue weighted by atomic mass is 10.2. The van der Waals surface area contributed by atoms with Crippen molar-refractivity contribution in [3.8, 4) is 0 Å². The maximum absolute atomic E-state index is 13.6. The van der Waals surface area contributed by atoms with Crippen LogP contribution >= 0.6 is 0 Å². The molecule has 0 radical (unpaired) electrons. The molecule has 0 bridgehead atoms. The molecule has 0 unspecified atom stereocenters. The predicted molar refractivity (Wildman–Crippen MR) is 107 cm³/mol. The average Bonchev–Trinajstić information content (AvgIpc) is 2.69. The topological polar surface area (TPSA) is 102 Å². The Kier molecular flexibility index (Phi) is 7.46. The van der Waals surface area contributed by atoms with E-state index >= 15 is 0 Å². The van der Waals surface area contributed by atoms with Crippen molar-refractivity contribution in [2.75, 3.05) is 11.9 Å². The van der Waals surface area contributed by atoms with Gasteiger partial charge in [0.25, 0.3) is 5.91 Å². The number of carbonyl (C=O) groups is 2. The van der Waals surface area contributed by atoms with E-state index in [4.69, 9.17) is 4.74 Å². The summed E-state index contributed by atoms with van der Waals surface area (Å²) in [5, 5.41) is 2.46. The van der Waals surface area contributed by atoms with Gasteiger partial charge in [-0.3, -0.25) is 4.79 Å². The average molecular weight is 422 g/mol. The highest BCUT2D eigenvalue weighted by atomic mass is 32.2. The molecule has 2 rings (SSSR count). The van der Waals surface area contributed by atoms with Gasteiger partial charge in [-0.1, -0.05) is 19.1 Å². The van der Waals surface area contributed by atoms with E-state index in [-0.39, 0.29) is 22.7 Å². The summed E-state index contributed by atoms with van der Waals surface area (Å²) in [6.07, 6.45) is -0.552. The van der Waals surface area contributed by atoms with Crippen molar-refractivity contribution in [2.45, 2.75) is 38.2 Å². The van der Waals surface area contributed by atoms with Gasteiger partial charge in [-0.05, 0) is 56.2 Å². The van der Waals surface area contributed by atoms with Gasteiger partial charge in [-0.25, -0.2) is 22.3 Å². The molecule has 0 aromatic heterocycles. The van der Waals surface area contributed by atoms with E-state index in [0.29, 0.717) is 12.0 Å². The van der Waals surface area contributed by atoms with Gasteiger partial charge in [0.2, 0.25) is 10.0 Å². The molecule has 2 aromatic carbocycles. The van der Waals surface area contributed by atoms with E-state index in [1.165, 1.54) is 49.4 Å². The molecule has 0 aliphatic rings. The Morgan fingerprint density at radius 3 is 2.55 bits per heavy atom. The monoisotopic (exact) mass is 422 g/mol. The fourth-order valence-electron chi connectivity index (χ4n) is 2.31. The van der Waals surface area contributed by atoms with Gasteiger partial charge in [0.05, 0.1) is 10.5 Å². The molecule has 0 spiro atoms. The van der Waals surface area contributed by atoms with Crippen molar-refractivity contribution < 1.29 is 27.1 Å². The zero-order chi connectivity index (χ0) is 21.6. The first kappa shape index (κ1) is 22.5. The van der Waals surface area contributed by atoms with Crippen molar-refractivity contribution in [2.24, 2.45) is 0 Å². The molecule has 0 aliphatic heterocycles. The molecule has 0 saturated heterocycles. The van der Waals surface area contributed by atoms with Gasteiger partial charge in [0, 0.05) is 12.2 Å². The van der Waals surface area contributed by atoms with Crippen LogP contribution in [0.25, 0.3) is 0 Å². The van der Waals surface area contributed by atoms with Crippen molar-refractivity contribution in [1.82, 2.24) is 4.72 Å². The smallest absolute Gasteiger partial charge is 0.338 e. The van der Waals surface area contributed by atoms with Crippen LogP contribution in [-0.4, -0.2) is 32.9 Å². The van der Waals surface area contributed by atoms with Crippen molar-refractivity contribution >= 4 is 27.6 Å². The molecule has 7 nitrogen and oxygen atoms in total. The number of rotatable bonds is 8. The van der Waals surface area contributed by atoms with Crippen LogP contribution in [0.2, 0.25) is 0 Å². The molecular formula is C20H23FN2O5S. The van der Waals surface area contributed by atoms with Gasteiger partial charge in [-0.15, -0.1) is 0 Å². The standard InChI is InChI=1S/C20H23FN2O5S/c1-4-10-22-29(26,27)17-7-5-6-15(11-17)20(25)28-14(3)19(24)23-16-9-8-13(2)18(21)12-16/h5-9,11-12,14,22H,4,10H2,1-3H3,(H,23,24)/t14-/m1/s1. The number of esters is 1. The van der Waals surface area contributed by atoms with Crippen LogP contribution in [0, 0.1) is 12.7 Å². The highest BCUT2D eigenvalue weighted by molar-refractivity contribution is 7.89. The van der Waals surface area contributed by atoms with Gasteiger partial charge >= 0.3 is 5.97 Å². The predicted octanol–water partition coefficient (Wildman–Crippen LogP) is 3.01. The second-order valence-corrected chi connectivity index (χ2v) is 8.19. The zero-order valence-electron chi connectivity index (χ0n) is 16.4. The van der Waals surface area contributed by atoms with Gasteiger partial charge in [-0.2, -0.15) is 0 Å². The number of ether oxygens (including phenoxy) is 1. The number of anilines is 1. The Morgan fingerprint density at radius 2 is 1.90 bits per heavy atom. The van der Waals surface area contributed by atoms with E-state index in [0.717, 1.165) is 0 Å². The number of hydrogen-bond acceptors (Lipinski definition) is 5. The Morgan fingerprint density at radius 1 is 1.17 bits per heavy atom. The van der Waals surface area contributed by atoms with Crippen LogP contribution in [0.15, 0.2) is 47.4 Å². The summed E-state index contributed by atoms with van der Waals surface area (Å²) in [4.78, 5) is 24.5. The number of aryl methyl sites for hydroxylation is 1. The summed E-state index contributed by atoms with van der Waals surface area (Å²) in [5.41, 5.74) is 0.659. The second-order valence-electron chi connectivity index (χ2n) is 6.43. The zero-order valence-corrected chi connectivity index (χ0v) is 17.2. The third-order valence-corrected chi connectivity index (χ3v) is 5.47. The lowest BCUT2D eigenvalue weighted by Crippen LogP contribution is -2.30. The maximum atomic E-state index is 13.6. The van der Waals surface area contributed by atoms with Crippen molar-refractivity contribution in [3.05, 3.63) is 59.4 Å². The minimum absolute atomic E-state index is 0.00889. The second kappa shape index (κ2) is 9.62. The molecule has 2 aromatic rings. The number of sulfonamides is 1. The van der Waals surface area contributed by atoms with E-state index in [1.54, 1.807) is 6.92 Å². The summed E-state index contributed by atoms with van der Waals surface area (Å²) in [6, 6.07) is 9.55. The van der Waals surface area contributed by atoms with Crippen LogP contribution in [0.3, 0.4) is 0 Å². The first-order valence-electron chi connectivity index (χ1n) is 9.01. The van der Waals surface area contributed by atoms with E-state index in [1.807, 2.05) is 6.92 Å². The third kappa shape index (κ3) is 6.10. The third-order valence-electron chi connectivity index (χ3n) is 4.01. The molecule has 0 heterocycles. The highest BCUT2D eigenvalue weighted by Crippen LogP contribution is 2.16. The van der Waals surface area contributed by atoms with E-state index in [2.05, 4.69) is 10.0 Å². The summed E-state index contributed by atoms with van der Waals surface area (Å²) >= 11 is 0. The summed E-state index contributed by atoms with van der Waals surface area (Å²) in [5.74, 6) is -1.97. The molecule has 0 fully saturated rings. The normalized spacial score (nSPS) is 12.3. The van der Waals surface area contributed by atoms with Crippen LogP contribution in [0.4, 0.5) is 10.1 Å². The number of amides is 1. The minimum Gasteiger partial charge on any atom is -0.449 e. The van der Waals surface area contributed by atoms with E-state index in [9.17, 15) is 22.4 Å². The van der Waals surface area contributed by atoms with Crippen LogP contribution in [0.5, 0.6) is 0 Å². The Labute approximate surface area is 169 Å². The lowest BCUT2D eigenvalue weighted by molar-refractivity contribution is -0.123. The lowest BCUT2D eigenvalue weighted by Gasteiger charge is -2.14. The van der Waals surface area contributed by atoms with Crippen LogP contribution < -0.4 is 10.0 Å². The van der Waals surface area contributed by atoms with Crippen molar-refractivity contribution in [1.29, 1.82) is 0 Å². The Bertz CT molecular complexity index is 1010. The number of hydrogen-bond donors (Lipinski definition) is 2. The Hall–Kier alpha value is -2.78. The number of benzene rings is 2. The van der Waals surface area contributed by atoms with E-state index < -0.39 is 33.8 Å². The van der Waals surface area contributed by atoms with Gasteiger partial charge < -0.3 is 10.1 Å². The SMILES string of the molecule is CCCNS(=O)(=O)c1cccc(C(=O)O[C@H](C)C(=O)Nc2ccc(C)c(F)c2)c1. The summed E-state index contributed by atoms with van der Waals surface area (Å²) < 4.78 is 45.5. The molecule has 156 valence electrons. The molecule has 1 amide bonds. The van der Waals surface area contributed by atoms with Crippen LogP contribution in [0.1, 0.15) is 36.2 Å². The van der Waals surface area contributed by atoms with Gasteiger partial charge in [0.1, 0.15) is 5.82 Å². The molecule has 2 N–H and O–H groups in total. The largest absolute Gasteiger partial charge is 0.449 e. The molecule has 9 heteroatoms. The molecular weight excluding hydrogens is 399 g/mol. The number of nitrogens with one attached hydrogen (secondary N) is 2. The van der Waals surface area contributed by atoms with Crippen molar-refractivity contribution in [3.63, 3.8) is 0 Å². The number of carbonyl (C=O) groups excluding carboxylic acids is 2. The molecule has 0 saturated carbocycles. The quantitative estimate of drug-likeness (QED) is 0.637. The number of halogens is 1. The molecule has 29 heavy (non-hydrogen) atoms.